The topological polar surface area (TPSA) is 45.4 Å². The van der Waals surface area contributed by atoms with Crippen LogP contribution in [0.15, 0.2) is 18.3 Å². The molecule has 0 bridgehead atoms. The van der Waals surface area contributed by atoms with Gasteiger partial charge in [-0.3, -0.25) is 4.90 Å². The molecule has 2 N–H and O–H groups in total. The zero-order valence-electron chi connectivity index (χ0n) is 12.3. The molecule has 0 saturated carbocycles. The van der Waals surface area contributed by atoms with E-state index in [0.29, 0.717) is 0 Å². The van der Waals surface area contributed by atoms with Crippen LogP contribution in [0.4, 0.5) is 5.82 Å². The van der Waals surface area contributed by atoms with Crippen LogP contribution in [-0.2, 0) is 0 Å². The van der Waals surface area contributed by atoms with E-state index in [1.807, 2.05) is 19.2 Å². The van der Waals surface area contributed by atoms with E-state index in [0.717, 1.165) is 43.5 Å². The summed E-state index contributed by atoms with van der Waals surface area (Å²) in [4.78, 5) is 9.44. The normalized spacial score (nSPS) is 18.9. The van der Waals surface area contributed by atoms with Gasteiger partial charge in [0.2, 0.25) is 0 Å². The Morgan fingerprint density at radius 3 is 2.47 bits per heavy atom. The molecular formula is C15H26N4. The minimum Gasteiger partial charge on any atom is -0.354 e. The van der Waals surface area contributed by atoms with E-state index in [1.165, 1.54) is 6.54 Å². The van der Waals surface area contributed by atoms with Crippen molar-refractivity contribution >= 4 is 5.82 Å². The predicted molar refractivity (Wildman–Crippen MR) is 80.3 cm³/mol. The lowest BCUT2D eigenvalue weighted by Gasteiger charge is -2.37. The standard InChI is InChI=1S/C15H26N4/c1-12(2)11-18-7-9-19(10-8-18)15-14(13(3)16)5-4-6-17-15/h4-6,12-13H,7-11,16H2,1-3H3. The molecule has 1 fully saturated rings. The minimum atomic E-state index is 0.0393. The fourth-order valence-corrected chi connectivity index (χ4v) is 2.69. The van der Waals surface area contributed by atoms with Crippen LogP contribution >= 0.6 is 0 Å². The van der Waals surface area contributed by atoms with E-state index in [4.69, 9.17) is 5.73 Å². The molecule has 0 spiro atoms. The maximum atomic E-state index is 6.04. The van der Waals surface area contributed by atoms with Crippen molar-refractivity contribution in [3.8, 4) is 0 Å². The van der Waals surface area contributed by atoms with Gasteiger partial charge in [0.1, 0.15) is 5.82 Å². The smallest absolute Gasteiger partial charge is 0.133 e. The van der Waals surface area contributed by atoms with E-state index in [1.54, 1.807) is 0 Å². The van der Waals surface area contributed by atoms with Crippen molar-refractivity contribution in [2.24, 2.45) is 11.7 Å². The van der Waals surface area contributed by atoms with Gasteiger partial charge in [-0.1, -0.05) is 19.9 Å². The molecule has 1 atom stereocenters. The Bertz CT molecular complexity index is 395. The third-order valence-electron chi connectivity index (χ3n) is 3.60. The van der Waals surface area contributed by atoms with E-state index in [2.05, 4.69) is 34.7 Å². The quantitative estimate of drug-likeness (QED) is 0.900. The summed E-state index contributed by atoms with van der Waals surface area (Å²) in [5.74, 6) is 1.81. The van der Waals surface area contributed by atoms with Gasteiger partial charge in [0.05, 0.1) is 0 Å². The SMILES string of the molecule is CC(C)CN1CCN(c2ncccc2C(C)N)CC1. The van der Waals surface area contributed by atoms with Crippen molar-refractivity contribution in [1.29, 1.82) is 0 Å². The number of hydrogen-bond acceptors (Lipinski definition) is 4. The van der Waals surface area contributed by atoms with Gasteiger partial charge in [-0.05, 0) is 18.9 Å². The summed E-state index contributed by atoms with van der Waals surface area (Å²) in [5.41, 5.74) is 7.19. The van der Waals surface area contributed by atoms with Crippen LogP contribution in [0.2, 0.25) is 0 Å². The number of nitrogens with zero attached hydrogens (tertiary/aromatic N) is 3. The average molecular weight is 262 g/mol. The summed E-state index contributed by atoms with van der Waals surface area (Å²) in [6, 6.07) is 4.10. The molecule has 106 valence electrons. The number of hydrogen-bond donors (Lipinski definition) is 1. The first-order valence-electron chi connectivity index (χ1n) is 7.25. The number of nitrogens with two attached hydrogens (primary N) is 1. The van der Waals surface area contributed by atoms with Crippen molar-refractivity contribution in [2.45, 2.75) is 26.8 Å². The molecule has 1 saturated heterocycles. The first-order chi connectivity index (χ1) is 9.08. The number of piperazine rings is 1. The molecule has 4 heteroatoms. The highest BCUT2D eigenvalue weighted by Crippen LogP contribution is 2.23. The zero-order chi connectivity index (χ0) is 13.8. The summed E-state index contributed by atoms with van der Waals surface area (Å²) in [7, 11) is 0. The molecule has 1 aromatic heterocycles. The minimum absolute atomic E-state index is 0.0393. The van der Waals surface area contributed by atoms with Crippen LogP contribution in [0.3, 0.4) is 0 Å². The van der Waals surface area contributed by atoms with Gasteiger partial charge in [0, 0.05) is 50.5 Å². The van der Waals surface area contributed by atoms with E-state index < -0.39 is 0 Å². The van der Waals surface area contributed by atoms with Gasteiger partial charge in [0.25, 0.3) is 0 Å². The maximum absolute atomic E-state index is 6.04. The molecule has 1 aliphatic heterocycles. The Balaban J connectivity index is 2.02. The maximum Gasteiger partial charge on any atom is 0.133 e. The summed E-state index contributed by atoms with van der Waals surface area (Å²) in [6.45, 7) is 12.1. The lowest BCUT2D eigenvalue weighted by Crippen LogP contribution is -2.48. The molecule has 0 radical (unpaired) electrons. The van der Waals surface area contributed by atoms with Crippen LogP contribution in [-0.4, -0.2) is 42.6 Å². The summed E-state index contributed by atoms with van der Waals surface area (Å²) >= 11 is 0. The lowest BCUT2D eigenvalue weighted by molar-refractivity contribution is 0.230. The van der Waals surface area contributed by atoms with Crippen molar-refractivity contribution in [3.05, 3.63) is 23.9 Å². The van der Waals surface area contributed by atoms with Gasteiger partial charge in [-0.25, -0.2) is 4.98 Å². The van der Waals surface area contributed by atoms with Crippen molar-refractivity contribution in [1.82, 2.24) is 9.88 Å². The van der Waals surface area contributed by atoms with Crippen LogP contribution in [0, 0.1) is 5.92 Å². The highest BCUT2D eigenvalue weighted by atomic mass is 15.3. The molecule has 2 rings (SSSR count). The first-order valence-corrected chi connectivity index (χ1v) is 7.25. The number of pyridine rings is 1. The van der Waals surface area contributed by atoms with Crippen molar-refractivity contribution < 1.29 is 0 Å². The van der Waals surface area contributed by atoms with Gasteiger partial charge in [-0.2, -0.15) is 0 Å². The lowest BCUT2D eigenvalue weighted by atomic mass is 10.1. The van der Waals surface area contributed by atoms with Crippen LogP contribution < -0.4 is 10.6 Å². The third kappa shape index (κ3) is 3.67. The highest BCUT2D eigenvalue weighted by molar-refractivity contribution is 5.48. The molecule has 0 amide bonds. The highest BCUT2D eigenvalue weighted by Gasteiger charge is 2.21. The number of anilines is 1. The molecule has 4 nitrogen and oxygen atoms in total. The van der Waals surface area contributed by atoms with Gasteiger partial charge < -0.3 is 10.6 Å². The largest absolute Gasteiger partial charge is 0.354 e. The monoisotopic (exact) mass is 262 g/mol. The molecule has 1 aromatic rings. The molecule has 1 aliphatic rings. The molecule has 1 unspecified atom stereocenters. The number of aromatic nitrogens is 1. The fraction of sp³-hybridized carbons (Fsp3) is 0.667. The molecule has 19 heavy (non-hydrogen) atoms. The first kappa shape index (κ1) is 14.3. The summed E-state index contributed by atoms with van der Waals surface area (Å²) in [6.07, 6.45) is 1.86. The second-order valence-corrected chi connectivity index (χ2v) is 5.89. The Hall–Kier alpha value is -1.13. The second-order valence-electron chi connectivity index (χ2n) is 5.89. The predicted octanol–water partition coefficient (Wildman–Crippen LogP) is 1.88. The van der Waals surface area contributed by atoms with Gasteiger partial charge >= 0.3 is 0 Å². The average Bonchev–Trinajstić information content (AvgIpc) is 2.39. The Morgan fingerprint density at radius 2 is 1.89 bits per heavy atom. The summed E-state index contributed by atoms with van der Waals surface area (Å²) < 4.78 is 0. The van der Waals surface area contributed by atoms with Crippen LogP contribution in [0.25, 0.3) is 0 Å². The van der Waals surface area contributed by atoms with E-state index >= 15 is 0 Å². The van der Waals surface area contributed by atoms with Crippen molar-refractivity contribution in [2.75, 3.05) is 37.6 Å². The van der Waals surface area contributed by atoms with Gasteiger partial charge in [-0.15, -0.1) is 0 Å². The molecule has 2 heterocycles. The Labute approximate surface area is 116 Å². The third-order valence-corrected chi connectivity index (χ3v) is 3.60. The Morgan fingerprint density at radius 1 is 1.21 bits per heavy atom. The van der Waals surface area contributed by atoms with E-state index in [9.17, 15) is 0 Å². The molecular weight excluding hydrogens is 236 g/mol. The molecule has 0 aromatic carbocycles. The number of rotatable bonds is 4. The fourth-order valence-electron chi connectivity index (χ4n) is 2.69. The van der Waals surface area contributed by atoms with Crippen molar-refractivity contribution in [3.63, 3.8) is 0 Å². The zero-order valence-corrected chi connectivity index (χ0v) is 12.3. The summed E-state index contributed by atoms with van der Waals surface area (Å²) in [5, 5.41) is 0. The Kier molecular flexibility index (Phi) is 4.77. The van der Waals surface area contributed by atoms with Gasteiger partial charge in [0.15, 0.2) is 0 Å². The van der Waals surface area contributed by atoms with Crippen LogP contribution in [0.5, 0.6) is 0 Å². The van der Waals surface area contributed by atoms with E-state index in [-0.39, 0.29) is 6.04 Å². The second kappa shape index (κ2) is 6.35. The van der Waals surface area contributed by atoms with Crippen LogP contribution in [0.1, 0.15) is 32.4 Å². The molecule has 0 aliphatic carbocycles.